The van der Waals surface area contributed by atoms with Gasteiger partial charge < -0.3 is 10.5 Å². The molecular formula is C20H17F17N4O. The Morgan fingerprint density at radius 1 is 0.690 bits per heavy atom. The van der Waals surface area contributed by atoms with Crippen LogP contribution in [0.5, 0.6) is 5.75 Å². The number of ether oxygens (including phenoxy) is 1. The molecule has 1 atom stereocenters. The summed E-state index contributed by atoms with van der Waals surface area (Å²) in [7, 11) is 0. The van der Waals surface area contributed by atoms with Gasteiger partial charge in [-0.1, -0.05) is 17.2 Å². The van der Waals surface area contributed by atoms with E-state index in [0.717, 1.165) is 12.1 Å². The number of benzene rings is 1. The number of azide groups is 1. The van der Waals surface area contributed by atoms with Gasteiger partial charge in [0, 0.05) is 23.9 Å². The molecule has 0 unspecified atom stereocenters. The normalized spacial score (nSPS) is 15.3. The predicted molar refractivity (Wildman–Crippen MR) is 108 cm³/mol. The van der Waals surface area contributed by atoms with Crippen molar-refractivity contribution in [3.05, 3.63) is 40.3 Å². The zero-order valence-electron chi connectivity index (χ0n) is 20.2. The molecule has 0 aliphatic rings. The van der Waals surface area contributed by atoms with E-state index in [1.54, 1.807) is 0 Å². The maximum absolute atomic E-state index is 13.9. The Kier molecular flexibility index (Phi) is 10.6. The van der Waals surface area contributed by atoms with Gasteiger partial charge in [0.25, 0.3) is 0 Å². The third-order valence-corrected chi connectivity index (χ3v) is 5.49. The second-order valence-corrected chi connectivity index (χ2v) is 8.62. The van der Waals surface area contributed by atoms with Gasteiger partial charge in [0.2, 0.25) is 0 Å². The third kappa shape index (κ3) is 6.52. The van der Waals surface area contributed by atoms with Crippen molar-refractivity contribution in [2.45, 2.75) is 72.9 Å². The van der Waals surface area contributed by atoms with E-state index in [9.17, 15) is 74.6 Å². The van der Waals surface area contributed by atoms with Crippen LogP contribution >= 0.6 is 0 Å². The fourth-order valence-corrected chi connectivity index (χ4v) is 3.07. The fourth-order valence-electron chi connectivity index (χ4n) is 3.07. The first-order chi connectivity index (χ1) is 18.7. The molecule has 242 valence electrons. The van der Waals surface area contributed by atoms with Crippen LogP contribution in [0.2, 0.25) is 0 Å². The highest BCUT2D eigenvalue weighted by molar-refractivity contribution is 5.27. The SMILES string of the molecule is [N-]=[N+]=NC[C@@H](N)Cc1ccc(OCCCC(F)(F)C(F)(F)C(F)(F)C(F)(F)C(F)(F)C(F)(F)C(F)(F)C(F)(F)F)cc1. The summed E-state index contributed by atoms with van der Waals surface area (Å²) in [6, 6.07) is 4.39. The fraction of sp³-hybridized carbons (Fsp3) is 0.700. The minimum absolute atomic E-state index is 0.0846. The van der Waals surface area contributed by atoms with Crippen LogP contribution in [0.25, 0.3) is 10.4 Å². The summed E-state index contributed by atoms with van der Waals surface area (Å²) in [5, 5.41) is 3.23. The molecule has 5 nitrogen and oxygen atoms in total. The van der Waals surface area contributed by atoms with Gasteiger partial charge in [0.1, 0.15) is 5.75 Å². The van der Waals surface area contributed by atoms with E-state index < -0.39 is 73.1 Å². The predicted octanol–water partition coefficient (Wildman–Crippen LogP) is 8.04. The molecule has 0 saturated heterocycles. The molecule has 2 N–H and O–H groups in total. The zero-order valence-corrected chi connectivity index (χ0v) is 20.2. The van der Waals surface area contributed by atoms with Crippen molar-refractivity contribution in [2.24, 2.45) is 10.8 Å². The van der Waals surface area contributed by atoms with E-state index in [1.165, 1.54) is 12.1 Å². The minimum atomic E-state index is -8.65. The Balaban J connectivity index is 3.05. The lowest BCUT2D eigenvalue weighted by atomic mass is 9.88. The van der Waals surface area contributed by atoms with E-state index in [1.807, 2.05) is 0 Å². The first kappa shape index (κ1) is 37.1. The average molecular weight is 652 g/mol. The van der Waals surface area contributed by atoms with Crippen LogP contribution in [-0.4, -0.2) is 66.8 Å². The van der Waals surface area contributed by atoms with Crippen molar-refractivity contribution in [3.8, 4) is 5.75 Å². The van der Waals surface area contributed by atoms with Gasteiger partial charge in [-0.05, 0) is 36.1 Å². The lowest BCUT2D eigenvalue weighted by Gasteiger charge is -2.42. The van der Waals surface area contributed by atoms with Gasteiger partial charge in [0.15, 0.2) is 0 Å². The second kappa shape index (κ2) is 12.0. The summed E-state index contributed by atoms with van der Waals surface area (Å²) in [6.45, 7) is -1.13. The molecule has 0 spiro atoms. The Morgan fingerprint density at radius 2 is 1.12 bits per heavy atom. The van der Waals surface area contributed by atoms with E-state index in [0.29, 0.717) is 5.56 Å². The van der Waals surface area contributed by atoms with Crippen LogP contribution in [-0.2, 0) is 6.42 Å². The van der Waals surface area contributed by atoms with Crippen molar-refractivity contribution < 1.29 is 79.4 Å². The highest BCUT2D eigenvalue weighted by atomic mass is 19.4. The molecule has 42 heavy (non-hydrogen) atoms. The van der Waals surface area contributed by atoms with Crippen molar-refractivity contribution in [1.82, 2.24) is 0 Å². The van der Waals surface area contributed by atoms with Crippen LogP contribution in [0.15, 0.2) is 29.4 Å². The second-order valence-electron chi connectivity index (χ2n) is 8.62. The standard InChI is InChI=1S/C20H17F17N4O/c21-13(22,6-1-7-42-12-4-2-10(3-5-12)8-11(38)9-40-41-39)14(23,24)15(25,26)16(27,28)17(29,30)18(31,32)19(33,34)20(35,36)37/h2-5,11H,1,6-9,38H2/t11-/m0/s1. The number of nitrogens with zero attached hydrogens (tertiary/aromatic N) is 3. The van der Waals surface area contributed by atoms with Crippen molar-refractivity contribution in [1.29, 1.82) is 0 Å². The number of halogens is 17. The largest absolute Gasteiger partial charge is 0.494 e. The Hall–Kier alpha value is -2.90. The first-order valence-corrected chi connectivity index (χ1v) is 10.9. The highest BCUT2D eigenvalue weighted by Gasteiger charge is 2.95. The molecule has 1 aromatic carbocycles. The molecule has 1 aromatic rings. The Morgan fingerprint density at radius 3 is 1.55 bits per heavy atom. The van der Waals surface area contributed by atoms with Gasteiger partial charge in [-0.15, -0.1) is 0 Å². The van der Waals surface area contributed by atoms with Crippen molar-refractivity contribution >= 4 is 0 Å². The summed E-state index contributed by atoms with van der Waals surface area (Å²) in [5.74, 6) is -56.6. The summed E-state index contributed by atoms with van der Waals surface area (Å²) in [4.78, 5) is 2.49. The maximum Gasteiger partial charge on any atom is 0.460 e. The lowest BCUT2D eigenvalue weighted by Crippen LogP contribution is -2.74. The number of rotatable bonds is 15. The molecule has 0 amide bonds. The Labute approximate surface area is 223 Å². The molecule has 0 radical (unpaired) electrons. The van der Waals surface area contributed by atoms with Gasteiger partial charge in [-0.25, -0.2) is 0 Å². The molecular weight excluding hydrogens is 635 g/mol. The van der Waals surface area contributed by atoms with Crippen LogP contribution in [0.1, 0.15) is 18.4 Å². The molecule has 0 bridgehead atoms. The molecule has 22 heteroatoms. The average Bonchev–Trinajstić information content (AvgIpc) is 2.84. The van der Waals surface area contributed by atoms with Gasteiger partial charge in [-0.2, -0.15) is 74.6 Å². The van der Waals surface area contributed by atoms with Crippen LogP contribution < -0.4 is 10.5 Å². The van der Waals surface area contributed by atoms with E-state index in [2.05, 4.69) is 10.0 Å². The third-order valence-electron chi connectivity index (χ3n) is 5.49. The van der Waals surface area contributed by atoms with Crippen molar-refractivity contribution in [2.75, 3.05) is 13.2 Å². The lowest BCUT2D eigenvalue weighted by molar-refractivity contribution is -0.461. The maximum atomic E-state index is 13.9. The smallest absolute Gasteiger partial charge is 0.460 e. The molecule has 0 aliphatic heterocycles. The topological polar surface area (TPSA) is 84.0 Å². The first-order valence-electron chi connectivity index (χ1n) is 10.9. The van der Waals surface area contributed by atoms with Gasteiger partial charge in [-0.3, -0.25) is 0 Å². The van der Waals surface area contributed by atoms with Crippen LogP contribution in [0.4, 0.5) is 74.6 Å². The summed E-state index contributed by atoms with van der Waals surface area (Å²) >= 11 is 0. The molecule has 0 aliphatic carbocycles. The molecule has 0 fully saturated rings. The van der Waals surface area contributed by atoms with E-state index >= 15 is 0 Å². The van der Waals surface area contributed by atoms with Gasteiger partial charge >= 0.3 is 47.6 Å². The zero-order chi connectivity index (χ0) is 33.2. The molecule has 0 aromatic heterocycles. The van der Waals surface area contributed by atoms with E-state index in [4.69, 9.17) is 16.0 Å². The van der Waals surface area contributed by atoms with Gasteiger partial charge in [0.05, 0.1) is 6.61 Å². The summed E-state index contributed by atoms with van der Waals surface area (Å²) < 4.78 is 230. The number of hydrogen-bond acceptors (Lipinski definition) is 3. The highest BCUT2D eigenvalue weighted by Crippen LogP contribution is 2.64. The molecule has 0 saturated carbocycles. The summed E-state index contributed by atoms with van der Waals surface area (Å²) in [6.07, 6.45) is -11.6. The molecule has 0 heterocycles. The number of alkyl halides is 17. The number of hydrogen-bond donors (Lipinski definition) is 1. The summed E-state index contributed by atoms with van der Waals surface area (Å²) in [5.41, 5.74) is 14.4. The Bertz CT molecular complexity index is 1100. The quantitative estimate of drug-likeness (QED) is 0.0684. The minimum Gasteiger partial charge on any atom is -0.494 e. The number of nitrogens with two attached hydrogens (primary N) is 1. The van der Waals surface area contributed by atoms with E-state index in [-0.39, 0.29) is 18.7 Å². The monoisotopic (exact) mass is 652 g/mol. The van der Waals surface area contributed by atoms with Crippen LogP contribution in [0.3, 0.4) is 0 Å². The molecule has 1 rings (SSSR count). The van der Waals surface area contributed by atoms with Crippen molar-refractivity contribution in [3.63, 3.8) is 0 Å². The van der Waals surface area contributed by atoms with Crippen LogP contribution in [0, 0.1) is 0 Å².